The number of benzene rings is 1. The third-order valence-electron chi connectivity index (χ3n) is 3.81. The van der Waals surface area contributed by atoms with Gasteiger partial charge >= 0.3 is 5.97 Å². The monoisotopic (exact) mass is 325 g/mol. The van der Waals surface area contributed by atoms with E-state index in [1.807, 2.05) is 0 Å². The fourth-order valence-corrected chi connectivity index (χ4v) is 2.75. The van der Waals surface area contributed by atoms with Crippen molar-refractivity contribution < 1.29 is 19.4 Å². The van der Waals surface area contributed by atoms with Crippen molar-refractivity contribution in [2.75, 3.05) is 19.7 Å². The molecule has 1 aliphatic rings. The minimum atomic E-state index is -0.783. The highest BCUT2D eigenvalue weighted by molar-refractivity contribution is 6.30. The van der Waals surface area contributed by atoms with Crippen LogP contribution in [-0.4, -0.2) is 41.6 Å². The number of carboxylic acid groups (broad SMARTS) is 1. The third kappa shape index (κ3) is 5.22. The van der Waals surface area contributed by atoms with Crippen LogP contribution in [0.4, 0.5) is 0 Å². The number of carbonyl (C=O) groups is 2. The summed E-state index contributed by atoms with van der Waals surface area (Å²) in [6.45, 7) is 1.33. The van der Waals surface area contributed by atoms with Crippen LogP contribution in [0.1, 0.15) is 25.7 Å². The highest BCUT2D eigenvalue weighted by Crippen LogP contribution is 2.21. The number of halogens is 1. The zero-order valence-corrected chi connectivity index (χ0v) is 13.1. The van der Waals surface area contributed by atoms with Gasteiger partial charge in [0.2, 0.25) is 0 Å². The topological polar surface area (TPSA) is 66.8 Å². The fourth-order valence-electron chi connectivity index (χ4n) is 2.62. The van der Waals surface area contributed by atoms with E-state index >= 15 is 0 Å². The molecule has 1 unspecified atom stereocenters. The number of carboxylic acids is 1. The third-order valence-corrected chi connectivity index (χ3v) is 4.07. The molecule has 22 heavy (non-hydrogen) atoms. The Bertz CT molecular complexity index is 517. The van der Waals surface area contributed by atoms with Crippen LogP contribution in [0.15, 0.2) is 24.3 Å². The lowest BCUT2D eigenvalue weighted by atomic mass is 9.93. The zero-order chi connectivity index (χ0) is 15.9. The highest BCUT2D eigenvalue weighted by atomic mass is 35.5. The number of hydrogen-bond donors (Lipinski definition) is 1. The van der Waals surface area contributed by atoms with Gasteiger partial charge in [0.15, 0.2) is 6.61 Å². The first-order valence-electron chi connectivity index (χ1n) is 7.42. The molecular formula is C16H20ClNO4. The lowest BCUT2D eigenvalue weighted by Gasteiger charge is -2.32. The first-order chi connectivity index (χ1) is 10.5. The molecule has 6 heteroatoms. The van der Waals surface area contributed by atoms with Gasteiger partial charge in [-0.05, 0) is 49.4 Å². The van der Waals surface area contributed by atoms with E-state index in [2.05, 4.69) is 0 Å². The van der Waals surface area contributed by atoms with Crippen LogP contribution in [0.3, 0.4) is 0 Å². The van der Waals surface area contributed by atoms with Crippen molar-refractivity contribution in [1.29, 1.82) is 0 Å². The van der Waals surface area contributed by atoms with Gasteiger partial charge in [0, 0.05) is 24.5 Å². The molecule has 1 heterocycles. The van der Waals surface area contributed by atoms with Gasteiger partial charge in [-0.25, -0.2) is 0 Å². The maximum atomic E-state index is 12.2. The molecule has 0 aliphatic carbocycles. The average molecular weight is 326 g/mol. The summed E-state index contributed by atoms with van der Waals surface area (Å²) in [5.41, 5.74) is 0. The minimum Gasteiger partial charge on any atom is -0.484 e. The molecule has 1 aromatic carbocycles. The standard InChI is InChI=1S/C16H20ClNO4/c17-13-4-6-14(7-5-13)22-11-15(19)18-9-1-2-12(10-18)3-8-16(20)21/h4-7,12H,1-3,8-11H2,(H,20,21). The van der Waals surface area contributed by atoms with E-state index in [1.54, 1.807) is 29.2 Å². The van der Waals surface area contributed by atoms with Crippen molar-refractivity contribution in [3.8, 4) is 5.75 Å². The number of piperidine rings is 1. The van der Waals surface area contributed by atoms with Gasteiger partial charge in [0.25, 0.3) is 5.91 Å². The fraction of sp³-hybridized carbons (Fsp3) is 0.500. The summed E-state index contributed by atoms with van der Waals surface area (Å²) in [6, 6.07) is 6.87. The molecule has 1 saturated heterocycles. The van der Waals surface area contributed by atoms with Crippen molar-refractivity contribution in [2.45, 2.75) is 25.7 Å². The van der Waals surface area contributed by atoms with Gasteiger partial charge in [-0.2, -0.15) is 0 Å². The second-order valence-electron chi connectivity index (χ2n) is 5.52. The van der Waals surface area contributed by atoms with E-state index in [4.69, 9.17) is 21.4 Å². The molecule has 0 spiro atoms. The highest BCUT2D eigenvalue weighted by Gasteiger charge is 2.24. The molecule has 0 saturated carbocycles. The van der Waals surface area contributed by atoms with Gasteiger partial charge in [-0.1, -0.05) is 11.6 Å². The summed E-state index contributed by atoms with van der Waals surface area (Å²) in [4.78, 5) is 24.6. The van der Waals surface area contributed by atoms with Crippen LogP contribution in [0, 0.1) is 5.92 Å². The molecule has 120 valence electrons. The molecule has 1 fully saturated rings. The van der Waals surface area contributed by atoms with E-state index in [-0.39, 0.29) is 24.9 Å². The van der Waals surface area contributed by atoms with Gasteiger partial charge in [0.1, 0.15) is 5.75 Å². The van der Waals surface area contributed by atoms with Crippen molar-refractivity contribution >= 4 is 23.5 Å². The smallest absolute Gasteiger partial charge is 0.303 e. The van der Waals surface area contributed by atoms with E-state index in [1.165, 1.54) is 0 Å². The Morgan fingerprint density at radius 1 is 1.32 bits per heavy atom. The largest absolute Gasteiger partial charge is 0.484 e. The van der Waals surface area contributed by atoms with Crippen molar-refractivity contribution in [1.82, 2.24) is 4.90 Å². The average Bonchev–Trinajstić information content (AvgIpc) is 2.52. The molecule has 5 nitrogen and oxygen atoms in total. The first-order valence-corrected chi connectivity index (χ1v) is 7.80. The van der Waals surface area contributed by atoms with Crippen LogP contribution < -0.4 is 4.74 Å². The second-order valence-corrected chi connectivity index (χ2v) is 5.96. The van der Waals surface area contributed by atoms with E-state index in [0.717, 1.165) is 12.8 Å². The van der Waals surface area contributed by atoms with E-state index in [0.29, 0.717) is 30.3 Å². The Hall–Kier alpha value is -1.75. The van der Waals surface area contributed by atoms with Crippen LogP contribution >= 0.6 is 11.6 Å². The molecule has 1 N–H and O–H groups in total. The van der Waals surface area contributed by atoms with Gasteiger partial charge in [-0.15, -0.1) is 0 Å². The molecule has 0 bridgehead atoms. The summed E-state index contributed by atoms with van der Waals surface area (Å²) in [5, 5.41) is 9.36. The Morgan fingerprint density at radius 3 is 2.73 bits per heavy atom. The van der Waals surface area contributed by atoms with Gasteiger partial charge in [0.05, 0.1) is 0 Å². The predicted octanol–water partition coefficient (Wildman–Crippen LogP) is 2.82. The van der Waals surface area contributed by atoms with E-state index < -0.39 is 5.97 Å². The van der Waals surface area contributed by atoms with Crippen LogP contribution in [0.25, 0.3) is 0 Å². The van der Waals surface area contributed by atoms with Crippen LogP contribution in [0.2, 0.25) is 5.02 Å². The summed E-state index contributed by atoms with van der Waals surface area (Å²) in [6.07, 6.45) is 2.68. The van der Waals surface area contributed by atoms with Gasteiger partial charge < -0.3 is 14.7 Å². The number of hydrogen-bond acceptors (Lipinski definition) is 3. The minimum absolute atomic E-state index is 0.00666. The van der Waals surface area contributed by atoms with Crippen LogP contribution in [-0.2, 0) is 9.59 Å². The summed E-state index contributed by atoms with van der Waals surface area (Å²) in [5.74, 6) is 0.0333. The van der Waals surface area contributed by atoms with Crippen LogP contribution in [0.5, 0.6) is 5.75 Å². The number of amides is 1. The molecule has 0 aromatic heterocycles. The molecule has 1 aromatic rings. The lowest BCUT2D eigenvalue weighted by Crippen LogP contribution is -2.42. The first kappa shape index (κ1) is 16.6. The summed E-state index contributed by atoms with van der Waals surface area (Å²) >= 11 is 5.79. The second kappa shape index (κ2) is 8.03. The molecule has 1 atom stereocenters. The van der Waals surface area contributed by atoms with Crippen molar-refractivity contribution in [3.63, 3.8) is 0 Å². The quantitative estimate of drug-likeness (QED) is 0.873. The summed E-state index contributed by atoms with van der Waals surface area (Å²) < 4.78 is 5.47. The Balaban J connectivity index is 1.78. The summed E-state index contributed by atoms with van der Waals surface area (Å²) in [7, 11) is 0. The number of rotatable bonds is 6. The Morgan fingerprint density at radius 2 is 2.05 bits per heavy atom. The number of likely N-dealkylation sites (tertiary alicyclic amines) is 1. The Kier molecular flexibility index (Phi) is 6.07. The van der Waals surface area contributed by atoms with Crippen molar-refractivity contribution in [2.24, 2.45) is 5.92 Å². The lowest BCUT2D eigenvalue weighted by molar-refractivity contribution is -0.137. The number of nitrogens with zero attached hydrogens (tertiary/aromatic N) is 1. The molecular weight excluding hydrogens is 306 g/mol. The molecule has 1 amide bonds. The normalized spacial score (nSPS) is 18.0. The molecule has 0 radical (unpaired) electrons. The molecule has 2 rings (SSSR count). The zero-order valence-electron chi connectivity index (χ0n) is 12.3. The van der Waals surface area contributed by atoms with Crippen molar-refractivity contribution in [3.05, 3.63) is 29.3 Å². The SMILES string of the molecule is O=C(O)CCC1CCCN(C(=O)COc2ccc(Cl)cc2)C1. The van der Waals surface area contributed by atoms with E-state index in [9.17, 15) is 9.59 Å². The number of aliphatic carboxylic acids is 1. The number of ether oxygens (including phenoxy) is 1. The Labute approximate surface area is 134 Å². The predicted molar refractivity (Wildman–Crippen MR) is 83.1 cm³/mol. The maximum absolute atomic E-state index is 12.2. The van der Waals surface area contributed by atoms with Gasteiger partial charge in [-0.3, -0.25) is 9.59 Å². The maximum Gasteiger partial charge on any atom is 0.303 e. The molecule has 1 aliphatic heterocycles. The number of carbonyl (C=O) groups excluding carboxylic acids is 1.